The molecule has 1 aliphatic heterocycles. The summed E-state index contributed by atoms with van der Waals surface area (Å²) in [6.07, 6.45) is 5.89. The van der Waals surface area contributed by atoms with Gasteiger partial charge in [-0.2, -0.15) is 0 Å². The molecule has 3 rings (SSSR count). The molecule has 2 aromatic rings. The summed E-state index contributed by atoms with van der Waals surface area (Å²) in [6, 6.07) is 9.01. The fraction of sp³-hybridized carbons (Fsp3) is 0.389. The zero-order valence-corrected chi connectivity index (χ0v) is 12.7. The Morgan fingerprint density at radius 2 is 2.24 bits per heavy atom. The van der Waals surface area contributed by atoms with Gasteiger partial charge in [-0.05, 0) is 47.7 Å². The molecule has 0 bridgehead atoms. The summed E-state index contributed by atoms with van der Waals surface area (Å²) in [4.78, 5) is 4.21. The third-order valence-corrected chi connectivity index (χ3v) is 4.21. The number of aromatic nitrogens is 1. The highest BCUT2D eigenvalue weighted by Gasteiger charge is 2.16. The van der Waals surface area contributed by atoms with E-state index < -0.39 is 0 Å². The number of hydrogen-bond acceptors (Lipinski definition) is 3. The van der Waals surface area contributed by atoms with Crippen LogP contribution in [0.25, 0.3) is 0 Å². The highest BCUT2D eigenvalue weighted by molar-refractivity contribution is 5.40. The van der Waals surface area contributed by atoms with Gasteiger partial charge >= 0.3 is 0 Å². The molecule has 0 saturated heterocycles. The number of fused-ring (bicyclic) bond motifs is 1. The number of aryl methyl sites for hydroxylation is 1. The summed E-state index contributed by atoms with van der Waals surface area (Å²) >= 11 is 0. The Kier molecular flexibility index (Phi) is 4.20. The zero-order valence-electron chi connectivity index (χ0n) is 12.7. The Hall–Kier alpha value is -1.87. The van der Waals surface area contributed by atoms with Gasteiger partial charge in [-0.3, -0.25) is 4.98 Å². The van der Waals surface area contributed by atoms with E-state index in [1.165, 1.54) is 22.3 Å². The van der Waals surface area contributed by atoms with Gasteiger partial charge in [-0.25, -0.2) is 0 Å². The van der Waals surface area contributed by atoms with Gasteiger partial charge in [-0.1, -0.05) is 19.1 Å². The second-order valence-electron chi connectivity index (χ2n) is 5.61. The predicted molar refractivity (Wildman–Crippen MR) is 84.5 cm³/mol. The summed E-state index contributed by atoms with van der Waals surface area (Å²) in [5.41, 5.74) is 5.24. The van der Waals surface area contributed by atoms with Crippen molar-refractivity contribution in [2.75, 3.05) is 6.61 Å². The van der Waals surface area contributed by atoms with Gasteiger partial charge in [0.15, 0.2) is 0 Å². The molecule has 2 heterocycles. The van der Waals surface area contributed by atoms with E-state index in [4.69, 9.17) is 4.74 Å². The molecular weight excluding hydrogens is 260 g/mol. The normalized spacial score (nSPS) is 14.6. The van der Waals surface area contributed by atoms with Crippen LogP contribution in [0, 0.1) is 6.92 Å². The highest BCUT2D eigenvalue weighted by atomic mass is 16.5. The molecule has 3 nitrogen and oxygen atoms in total. The standard InChI is InChI=1S/C18H22N2O/c1-3-17(20-12-16-11-19-8-6-13(16)2)14-4-5-18-15(10-14)7-9-21-18/h4-6,8,10-11,17,20H,3,7,9,12H2,1-2H3. The minimum Gasteiger partial charge on any atom is -0.493 e. The average Bonchev–Trinajstić information content (AvgIpc) is 2.97. The third-order valence-electron chi connectivity index (χ3n) is 4.21. The van der Waals surface area contributed by atoms with Crippen LogP contribution in [0.3, 0.4) is 0 Å². The van der Waals surface area contributed by atoms with Gasteiger partial charge in [0.2, 0.25) is 0 Å². The van der Waals surface area contributed by atoms with Crippen LogP contribution in [0.5, 0.6) is 5.75 Å². The summed E-state index contributed by atoms with van der Waals surface area (Å²) in [7, 11) is 0. The average molecular weight is 282 g/mol. The first-order chi connectivity index (χ1) is 10.3. The lowest BCUT2D eigenvalue weighted by Gasteiger charge is -2.19. The second-order valence-corrected chi connectivity index (χ2v) is 5.61. The Bertz CT molecular complexity index is 624. The first-order valence-electron chi connectivity index (χ1n) is 7.66. The molecule has 1 aliphatic rings. The van der Waals surface area contributed by atoms with Gasteiger partial charge in [0.1, 0.15) is 5.75 Å². The van der Waals surface area contributed by atoms with E-state index >= 15 is 0 Å². The largest absolute Gasteiger partial charge is 0.493 e. The molecule has 0 amide bonds. The quantitative estimate of drug-likeness (QED) is 0.910. The van der Waals surface area contributed by atoms with Crippen LogP contribution < -0.4 is 10.1 Å². The maximum absolute atomic E-state index is 5.58. The Balaban J connectivity index is 1.72. The molecule has 0 aliphatic carbocycles. The van der Waals surface area contributed by atoms with Crippen molar-refractivity contribution in [3.05, 3.63) is 58.9 Å². The summed E-state index contributed by atoms with van der Waals surface area (Å²) in [5.74, 6) is 1.05. The van der Waals surface area contributed by atoms with Crippen molar-refractivity contribution in [2.45, 2.75) is 39.3 Å². The lowest BCUT2D eigenvalue weighted by atomic mass is 10.0. The molecular formula is C18H22N2O. The molecule has 0 spiro atoms. The van der Waals surface area contributed by atoms with E-state index in [2.05, 4.69) is 48.4 Å². The van der Waals surface area contributed by atoms with Gasteiger partial charge < -0.3 is 10.1 Å². The van der Waals surface area contributed by atoms with Gasteiger partial charge in [0, 0.05) is 31.4 Å². The van der Waals surface area contributed by atoms with Crippen LogP contribution in [0.2, 0.25) is 0 Å². The first kappa shape index (κ1) is 14.1. The molecule has 1 unspecified atom stereocenters. The lowest BCUT2D eigenvalue weighted by molar-refractivity contribution is 0.356. The summed E-state index contributed by atoms with van der Waals surface area (Å²) in [5, 5.41) is 3.65. The van der Waals surface area contributed by atoms with E-state index in [0.717, 1.165) is 31.7 Å². The van der Waals surface area contributed by atoms with Crippen molar-refractivity contribution in [3.8, 4) is 5.75 Å². The minimum absolute atomic E-state index is 0.371. The minimum atomic E-state index is 0.371. The Morgan fingerprint density at radius 3 is 3.05 bits per heavy atom. The molecule has 0 saturated carbocycles. The van der Waals surface area contributed by atoms with Crippen molar-refractivity contribution < 1.29 is 4.74 Å². The van der Waals surface area contributed by atoms with E-state index in [1.807, 2.05) is 12.4 Å². The number of benzene rings is 1. The fourth-order valence-corrected chi connectivity index (χ4v) is 2.84. The smallest absolute Gasteiger partial charge is 0.122 e. The first-order valence-corrected chi connectivity index (χ1v) is 7.66. The summed E-state index contributed by atoms with van der Waals surface area (Å²) in [6.45, 7) is 6.02. The second kappa shape index (κ2) is 6.27. The van der Waals surface area contributed by atoms with Gasteiger partial charge in [0.05, 0.1) is 6.61 Å². The molecule has 1 N–H and O–H groups in total. The van der Waals surface area contributed by atoms with E-state index in [9.17, 15) is 0 Å². The van der Waals surface area contributed by atoms with Crippen LogP contribution in [0.4, 0.5) is 0 Å². The van der Waals surface area contributed by atoms with Gasteiger partial charge in [0.25, 0.3) is 0 Å². The molecule has 0 radical (unpaired) electrons. The molecule has 110 valence electrons. The number of hydrogen-bond donors (Lipinski definition) is 1. The topological polar surface area (TPSA) is 34.2 Å². The van der Waals surface area contributed by atoms with Crippen LogP contribution in [-0.4, -0.2) is 11.6 Å². The monoisotopic (exact) mass is 282 g/mol. The third kappa shape index (κ3) is 3.08. The fourth-order valence-electron chi connectivity index (χ4n) is 2.84. The molecule has 1 atom stereocenters. The highest BCUT2D eigenvalue weighted by Crippen LogP contribution is 2.29. The van der Waals surface area contributed by atoms with Crippen LogP contribution in [-0.2, 0) is 13.0 Å². The van der Waals surface area contributed by atoms with Gasteiger partial charge in [-0.15, -0.1) is 0 Å². The zero-order chi connectivity index (χ0) is 14.7. The van der Waals surface area contributed by atoms with Crippen LogP contribution in [0.1, 0.15) is 41.6 Å². The molecule has 1 aromatic heterocycles. The van der Waals surface area contributed by atoms with Crippen molar-refractivity contribution in [1.29, 1.82) is 0 Å². The SMILES string of the molecule is CCC(NCc1cnccc1C)c1ccc2c(c1)CCO2. The number of ether oxygens (including phenoxy) is 1. The van der Waals surface area contributed by atoms with E-state index in [-0.39, 0.29) is 0 Å². The lowest BCUT2D eigenvalue weighted by Crippen LogP contribution is -2.21. The van der Waals surface area contributed by atoms with Crippen molar-refractivity contribution >= 4 is 0 Å². The van der Waals surface area contributed by atoms with Crippen molar-refractivity contribution in [2.24, 2.45) is 0 Å². The molecule has 21 heavy (non-hydrogen) atoms. The number of pyridine rings is 1. The molecule has 1 aromatic carbocycles. The number of nitrogens with one attached hydrogen (secondary N) is 1. The van der Waals surface area contributed by atoms with Crippen molar-refractivity contribution in [1.82, 2.24) is 10.3 Å². The number of rotatable bonds is 5. The molecule has 3 heteroatoms. The van der Waals surface area contributed by atoms with E-state index in [1.54, 1.807) is 0 Å². The number of nitrogens with zero attached hydrogens (tertiary/aromatic N) is 1. The Labute approximate surface area is 126 Å². The molecule has 0 fully saturated rings. The maximum Gasteiger partial charge on any atom is 0.122 e. The maximum atomic E-state index is 5.58. The Morgan fingerprint density at radius 1 is 1.33 bits per heavy atom. The predicted octanol–water partition coefficient (Wildman–Crippen LogP) is 3.57. The van der Waals surface area contributed by atoms with Crippen molar-refractivity contribution in [3.63, 3.8) is 0 Å². The van der Waals surface area contributed by atoms with Crippen LogP contribution >= 0.6 is 0 Å². The van der Waals surface area contributed by atoms with E-state index in [0.29, 0.717) is 6.04 Å². The van der Waals surface area contributed by atoms with Crippen LogP contribution in [0.15, 0.2) is 36.7 Å². The summed E-state index contributed by atoms with van der Waals surface area (Å²) < 4.78 is 5.58.